The lowest BCUT2D eigenvalue weighted by atomic mass is 10.1. The third-order valence-electron chi connectivity index (χ3n) is 3.04. The van der Waals surface area contributed by atoms with Gasteiger partial charge < -0.3 is 5.32 Å². The summed E-state index contributed by atoms with van der Waals surface area (Å²) < 4.78 is 37.3. The summed E-state index contributed by atoms with van der Waals surface area (Å²) in [4.78, 5) is -0.192. The van der Waals surface area contributed by atoms with Crippen molar-refractivity contribution in [1.29, 1.82) is 0 Å². The van der Waals surface area contributed by atoms with E-state index in [0.717, 1.165) is 12.8 Å². The minimum atomic E-state index is -3.51. The quantitative estimate of drug-likeness (QED) is 0.829. The van der Waals surface area contributed by atoms with Gasteiger partial charge in [-0.1, -0.05) is 19.1 Å². The summed E-state index contributed by atoms with van der Waals surface area (Å²) in [6.45, 7) is 2.05. The van der Waals surface area contributed by atoms with Crippen LogP contribution in [0.4, 0.5) is 4.39 Å². The van der Waals surface area contributed by atoms with E-state index in [9.17, 15) is 12.8 Å². The second-order valence-electron chi connectivity index (χ2n) is 4.29. The molecule has 0 aliphatic rings. The molecule has 0 bridgehead atoms. The van der Waals surface area contributed by atoms with E-state index in [-0.39, 0.29) is 10.6 Å². The molecule has 0 fully saturated rings. The molecule has 1 aromatic rings. The lowest BCUT2D eigenvalue weighted by molar-refractivity contribution is 0.499. The summed E-state index contributed by atoms with van der Waals surface area (Å²) in [6, 6.07) is 5.84. The SMILES string of the molecule is CCC(CCCS(=O)(=O)c1ccccc1F)NC. The van der Waals surface area contributed by atoms with Crippen LogP contribution < -0.4 is 5.32 Å². The van der Waals surface area contributed by atoms with E-state index in [4.69, 9.17) is 0 Å². The summed E-state index contributed by atoms with van der Waals surface area (Å²) >= 11 is 0. The van der Waals surface area contributed by atoms with Gasteiger partial charge in [-0.2, -0.15) is 0 Å². The summed E-state index contributed by atoms with van der Waals surface area (Å²) in [5, 5.41) is 3.12. The fraction of sp³-hybridized carbons (Fsp3) is 0.538. The molecule has 1 atom stereocenters. The molecule has 0 saturated heterocycles. The van der Waals surface area contributed by atoms with Crippen molar-refractivity contribution in [1.82, 2.24) is 5.32 Å². The minimum Gasteiger partial charge on any atom is -0.317 e. The molecule has 1 rings (SSSR count). The first-order valence-corrected chi connectivity index (χ1v) is 7.81. The molecule has 0 heterocycles. The van der Waals surface area contributed by atoms with Gasteiger partial charge in [0.1, 0.15) is 10.7 Å². The van der Waals surface area contributed by atoms with E-state index in [1.807, 2.05) is 14.0 Å². The summed E-state index contributed by atoms with van der Waals surface area (Å²) in [5.74, 6) is -0.676. The van der Waals surface area contributed by atoms with Crippen molar-refractivity contribution in [3.8, 4) is 0 Å². The average Bonchev–Trinajstić information content (AvgIpc) is 2.35. The zero-order chi connectivity index (χ0) is 13.6. The van der Waals surface area contributed by atoms with Crippen molar-refractivity contribution < 1.29 is 12.8 Å². The topological polar surface area (TPSA) is 46.2 Å². The Kier molecular flexibility index (Phi) is 5.75. The highest BCUT2D eigenvalue weighted by Gasteiger charge is 2.18. The van der Waals surface area contributed by atoms with Crippen molar-refractivity contribution in [3.63, 3.8) is 0 Å². The fourth-order valence-corrected chi connectivity index (χ4v) is 3.30. The largest absolute Gasteiger partial charge is 0.317 e. The van der Waals surface area contributed by atoms with Crippen molar-refractivity contribution in [2.24, 2.45) is 0 Å². The number of halogens is 1. The highest BCUT2D eigenvalue weighted by molar-refractivity contribution is 7.91. The molecule has 0 saturated carbocycles. The predicted molar refractivity (Wildman–Crippen MR) is 70.8 cm³/mol. The monoisotopic (exact) mass is 273 g/mol. The van der Waals surface area contributed by atoms with Gasteiger partial charge >= 0.3 is 0 Å². The average molecular weight is 273 g/mol. The molecule has 18 heavy (non-hydrogen) atoms. The molecule has 0 spiro atoms. The van der Waals surface area contributed by atoms with Gasteiger partial charge in [0.25, 0.3) is 0 Å². The second kappa shape index (κ2) is 6.85. The van der Waals surface area contributed by atoms with Crippen LogP contribution in [0, 0.1) is 5.82 Å². The molecule has 1 unspecified atom stereocenters. The molecular weight excluding hydrogens is 253 g/mol. The van der Waals surface area contributed by atoms with Crippen LogP contribution in [0.25, 0.3) is 0 Å². The maximum atomic E-state index is 13.4. The predicted octanol–water partition coefficient (Wildman–Crippen LogP) is 2.38. The molecule has 0 radical (unpaired) electrons. The van der Waals surface area contributed by atoms with Gasteiger partial charge in [0.05, 0.1) is 5.75 Å². The molecule has 0 aromatic heterocycles. The first kappa shape index (κ1) is 15.1. The Hall–Kier alpha value is -0.940. The number of benzene rings is 1. The molecule has 5 heteroatoms. The van der Waals surface area contributed by atoms with Gasteiger partial charge in [-0.3, -0.25) is 0 Å². The third kappa shape index (κ3) is 4.07. The van der Waals surface area contributed by atoms with Crippen LogP contribution in [-0.4, -0.2) is 27.3 Å². The Bertz CT molecular complexity index is 470. The van der Waals surface area contributed by atoms with Crippen molar-refractivity contribution in [3.05, 3.63) is 30.1 Å². The Morgan fingerprint density at radius 2 is 2.00 bits per heavy atom. The number of nitrogens with one attached hydrogen (secondary N) is 1. The molecule has 1 N–H and O–H groups in total. The first-order valence-electron chi connectivity index (χ1n) is 6.15. The maximum Gasteiger partial charge on any atom is 0.181 e. The summed E-state index contributed by atoms with van der Waals surface area (Å²) in [6.07, 6.45) is 2.27. The number of hydrogen-bond acceptors (Lipinski definition) is 3. The summed E-state index contributed by atoms with van der Waals surface area (Å²) in [7, 11) is -1.65. The van der Waals surface area contributed by atoms with Gasteiger partial charge in [-0.15, -0.1) is 0 Å². The smallest absolute Gasteiger partial charge is 0.181 e. The van der Waals surface area contributed by atoms with Crippen LogP contribution in [0.5, 0.6) is 0 Å². The Balaban J connectivity index is 2.64. The lowest BCUT2D eigenvalue weighted by Gasteiger charge is -2.13. The van der Waals surface area contributed by atoms with Gasteiger partial charge in [0, 0.05) is 6.04 Å². The van der Waals surface area contributed by atoms with E-state index in [2.05, 4.69) is 5.32 Å². The van der Waals surface area contributed by atoms with Gasteiger partial charge in [0.2, 0.25) is 0 Å². The second-order valence-corrected chi connectivity index (χ2v) is 6.36. The van der Waals surface area contributed by atoms with Gasteiger partial charge in [0.15, 0.2) is 9.84 Å². The van der Waals surface area contributed by atoms with Crippen molar-refractivity contribution >= 4 is 9.84 Å². The molecule has 1 aromatic carbocycles. The van der Waals surface area contributed by atoms with Crippen molar-refractivity contribution in [2.75, 3.05) is 12.8 Å². The number of rotatable bonds is 7. The third-order valence-corrected chi connectivity index (χ3v) is 4.87. The first-order chi connectivity index (χ1) is 8.51. The molecular formula is C13H20FNO2S. The molecule has 102 valence electrons. The Morgan fingerprint density at radius 1 is 1.33 bits per heavy atom. The molecule has 3 nitrogen and oxygen atoms in total. The van der Waals surface area contributed by atoms with Crippen molar-refractivity contribution in [2.45, 2.75) is 37.1 Å². The molecule has 0 amide bonds. The van der Waals surface area contributed by atoms with E-state index in [1.54, 1.807) is 6.07 Å². The molecule has 0 aliphatic carbocycles. The normalized spacial score (nSPS) is 13.5. The minimum absolute atomic E-state index is 0.00782. The van der Waals surface area contributed by atoms with E-state index in [1.165, 1.54) is 18.2 Å². The molecule has 0 aliphatic heterocycles. The number of hydrogen-bond donors (Lipinski definition) is 1. The summed E-state index contributed by atoms with van der Waals surface area (Å²) in [5.41, 5.74) is 0. The standard InChI is InChI=1S/C13H20FNO2S/c1-3-11(15-2)7-6-10-18(16,17)13-9-5-4-8-12(13)14/h4-5,8-9,11,15H,3,6-7,10H2,1-2H3. The Labute approximate surface area is 108 Å². The van der Waals surface area contributed by atoms with Crippen LogP contribution in [0.2, 0.25) is 0 Å². The van der Waals surface area contributed by atoms with Gasteiger partial charge in [-0.25, -0.2) is 12.8 Å². The van der Waals surface area contributed by atoms with Crippen LogP contribution in [0.15, 0.2) is 29.2 Å². The zero-order valence-corrected chi connectivity index (χ0v) is 11.6. The van der Waals surface area contributed by atoms with E-state index in [0.29, 0.717) is 12.5 Å². The Morgan fingerprint density at radius 3 is 2.56 bits per heavy atom. The van der Waals surface area contributed by atoms with Gasteiger partial charge in [-0.05, 0) is 38.4 Å². The van der Waals surface area contributed by atoms with Crippen LogP contribution in [-0.2, 0) is 9.84 Å². The van der Waals surface area contributed by atoms with Crippen LogP contribution >= 0.6 is 0 Å². The van der Waals surface area contributed by atoms with Crippen LogP contribution in [0.1, 0.15) is 26.2 Å². The highest BCUT2D eigenvalue weighted by Crippen LogP contribution is 2.17. The zero-order valence-electron chi connectivity index (χ0n) is 10.8. The maximum absolute atomic E-state index is 13.4. The fourth-order valence-electron chi connectivity index (χ4n) is 1.88. The van der Waals surface area contributed by atoms with Crippen LogP contribution in [0.3, 0.4) is 0 Å². The van der Waals surface area contributed by atoms with E-state index < -0.39 is 15.7 Å². The number of sulfone groups is 1. The highest BCUT2D eigenvalue weighted by atomic mass is 32.2. The lowest BCUT2D eigenvalue weighted by Crippen LogP contribution is -2.24. The van der Waals surface area contributed by atoms with E-state index >= 15 is 0 Å².